The summed E-state index contributed by atoms with van der Waals surface area (Å²) in [6, 6.07) is 10.2. The molecule has 1 nitrogen and oxygen atoms in total. The van der Waals surface area contributed by atoms with Gasteiger partial charge in [-0.2, -0.15) is 5.26 Å². The van der Waals surface area contributed by atoms with Crippen LogP contribution < -0.4 is 0 Å². The van der Waals surface area contributed by atoms with Crippen LogP contribution in [0.5, 0.6) is 0 Å². The molecule has 0 radical (unpaired) electrons. The monoisotopic (exact) mass is 215 g/mol. The van der Waals surface area contributed by atoms with Crippen molar-refractivity contribution in [1.82, 2.24) is 0 Å². The Bertz CT molecular complexity index is 331. The van der Waals surface area contributed by atoms with Gasteiger partial charge in [-0.3, -0.25) is 0 Å². The van der Waals surface area contributed by atoms with Crippen LogP contribution in [0.3, 0.4) is 0 Å². The first kappa shape index (κ1) is 12.8. The molecule has 0 aromatic heterocycles. The molecule has 0 N–H and O–H groups in total. The summed E-state index contributed by atoms with van der Waals surface area (Å²) in [6.45, 7) is 4.51. The maximum Gasteiger partial charge on any atom is 0.0991 e. The summed E-state index contributed by atoms with van der Waals surface area (Å²) < 4.78 is 0. The van der Waals surface area contributed by atoms with E-state index in [0.717, 1.165) is 5.56 Å². The van der Waals surface area contributed by atoms with Crippen LogP contribution in [0.4, 0.5) is 0 Å². The zero-order valence-electron chi connectivity index (χ0n) is 10.4. The molecule has 86 valence electrons. The smallest absolute Gasteiger partial charge is 0.0991 e. The predicted octanol–water partition coefficient (Wildman–Crippen LogP) is 4.63. The van der Waals surface area contributed by atoms with Gasteiger partial charge in [-0.25, -0.2) is 0 Å². The second-order valence-corrected chi connectivity index (χ2v) is 4.48. The Hall–Kier alpha value is -1.29. The van der Waals surface area contributed by atoms with Crippen molar-refractivity contribution >= 4 is 0 Å². The van der Waals surface area contributed by atoms with Crippen LogP contribution in [0.25, 0.3) is 0 Å². The summed E-state index contributed by atoms with van der Waals surface area (Å²) in [5.74, 6) is 0.615. The van der Waals surface area contributed by atoms with Crippen molar-refractivity contribution in [3.63, 3.8) is 0 Å². The van der Waals surface area contributed by atoms with E-state index in [1.807, 2.05) is 12.1 Å². The molecule has 16 heavy (non-hydrogen) atoms. The van der Waals surface area contributed by atoms with Crippen LogP contribution >= 0.6 is 0 Å². The van der Waals surface area contributed by atoms with E-state index >= 15 is 0 Å². The first-order valence-corrected chi connectivity index (χ1v) is 6.28. The van der Waals surface area contributed by atoms with Crippen molar-refractivity contribution < 1.29 is 0 Å². The summed E-state index contributed by atoms with van der Waals surface area (Å²) in [6.07, 6.45) is 6.56. The highest BCUT2D eigenvalue weighted by Crippen LogP contribution is 2.22. The van der Waals surface area contributed by atoms with Crippen molar-refractivity contribution in [2.45, 2.75) is 51.9 Å². The summed E-state index contributed by atoms with van der Waals surface area (Å²) >= 11 is 0. The van der Waals surface area contributed by atoms with Crippen molar-refractivity contribution in [3.05, 3.63) is 35.4 Å². The van der Waals surface area contributed by atoms with E-state index in [-0.39, 0.29) is 0 Å². The molecule has 0 saturated heterocycles. The maximum absolute atomic E-state index is 8.72. The van der Waals surface area contributed by atoms with Gasteiger partial charge in [-0.05, 0) is 30.0 Å². The fraction of sp³-hybridized carbons (Fsp3) is 0.533. The third-order valence-corrected chi connectivity index (χ3v) is 3.10. The van der Waals surface area contributed by atoms with E-state index < -0.39 is 0 Å². The van der Waals surface area contributed by atoms with Crippen LogP contribution in [-0.2, 0) is 0 Å². The van der Waals surface area contributed by atoms with Crippen LogP contribution in [0.15, 0.2) is 24.3 Å². The normalized spacial score (nSPS) is 12.1. The van der Waals surface area contributed by atoms with E-state index in [0.29, 0.717) is 5.92 Å². The lowest BCUT2D eigenvalue weighted by Gasteiger charge is -2.11. The van der Waals surface area contributed by atoms with Gasteiger partial charge in [0.1, 0.15) is 0 Å². The van der Waals surface area contributed by atoms with E-state index in [4.69, 9.17) is 5.26 Å². The Morgan fingerprint density at radius 1 is 1.12 bits per heavy atom. The molecule has 1 aromatic carbocycles. The highest BCUT2D eigenvalue weighted by molar-refractivity contribution is 5.32. The van der Waals surface area contributed by atoms with E-state index in [1.54, 1.807) is 0 Å². The lowest BCUT2D eigenvalue weighted by molar-refractivity contribution is 0.580. The van der Waals surface area contributed by atoms with Crippen LogP contribution in [-0.4, -0.2) is 0 Å². The summed E-state index contributed by atoms with van der Waals surface area (Å²) in [5.41, 5.74) is 2.11. The molecule has 1 atom stereocenters. The third-order valence-electron chi connectivity index (χ3n) is 3.10. The van der Waals surface area contributed by atoms with Crippen molar-refractivity contribution in [1.29, 1.82) is 5.26 Å². The number of hydrogen-bond acceptors (Lipinski definition) is 1. The zero-order chi connectivity index (χ0) is 11.8. The van der Waals surface area contributed by atoms with E-state index in [9.17, 15) is 0 Å². The summed E-state index contributed by atoms with van der Waals surface area (Å²) in [5, 5.41) is 8.72. The number of unbranched alkanes of at least 4 members (excludes halogenated alkanes) is 3. The minimum absolute atomic E-state index is 0.615. The molecular weight excluding hydrogens is 194 g/mol. The van der Waals surface area contributed by atoms with Gasteiger partial charge < -0.3 is 0 Å². The van der Waals surface area contributed by atoms with Gasteiger partial charge in [0.25, 0.3) is 0 Å². The van der Waals surface area contributed by atoms with Gasteiger partial charge in [0.15, 0.2) is 0 Å². The molecular formula is C15H21N. The average molecular weight is 215 g/mol. The molecule has 0 heterocycles. The average Bonchev–Trinajstić information content (AvgIpc) is 2.34. The van der Waals surface area contributed by atoms with Crippen LogP contribution in [0.2, 0.25) is 0 Å². The van der Waals surface area contributed by atoms with Crippen molar-refractivity contribution in [2.75, 3.05) is 0 Å². The molecule has 0 aliphatic rings. The van der Waals surface area contributed by atoms with Gasteiger partial charge >= 0.3 is 0 Å². The number of nitrogens with zero attached hydrogens (tertiary/aromatic N) is 1. The molecule has 0 aliphatic carbocycles. The Morgan fingerprint density at radius 3 is 2.38 bits per heavy atom. The second kappa shape index (κ2) is 7.06. The van der Waals surface area contributed by atoms with Gasteiger partial charge in [0.05, 0.1) is 11.6 Å². The number of hydrogen-bond donors (Lipinski definition) is 0. The summed E-state index contributed by atoms with van der Waals surface area (Å²) in [7, 11) is 0. The standard InChI is InChI=1S/C15H21N/c1-3-4-5-6-7-13(2)15-10-8-14(12-16)9-11-15/h8-11,13H,3-7H2,1-2H3. The molecule has 0 saturated carbocycles. The number of rotatable bonds is 6. The minimum Gasteiger partial charge on any atom is -0.192 e. The van der Waals surface area contributed by atoms with Gasteiger partial charge in [0.2, 0.25) is 0 Å². The Labute approximate surface area is 99.1 Å². The molecule has 0 spiro atoms. The molecule has 1 rings (SSSR count). The molecule has 0 fully saturated rings. The van der Waals surface area contributed by atoms with Crippen LogP contribution in [0.1, 0.15) is 63.0 Å². The topological polar surface area (TPSA) is 23.8 Å². The van der Waals surface area contributed by atoms with E-state index in [2.05, 4.69) is 32.0 Å². The largest absolute Gasteiger partial charge is 0.192 e. The fourth-order valence-electron chi connectivity index (χ4n) is 1.93. The van der Waals surface area contributed by atoms with Crippen molar-refractivity contribution in [2.24, 2.45) is 0 Å². The maximum atomic E-state index is 8.72. The minimum atomic E-state index is 0.615. The Morgan fingerprint density at radius 2 is 1.81 bits per heavy atom. The molecule has 1 heteroatoms. The summed E-state index contributed by atoms with van der Waals surface area (Å²) in [4.78, 5) is 0. The van der Waals surface area contributed by atoms with Crippen LogP contribution in [0, 0.1) is 11.3 Å². The SMILES string of the molecule is CCCCCCC(C)c1ccc(C#N)cc1. The number of benzene rings is 1. The molecule has 1 aromatic rings. The number of nitriles is 1. The molecule has 1 unspecified atom stereocenters. The molecule has 0 aliphatic heterocycles. The quantitative estimate of drug-likeness (QED) is 0.634. The predicted molar refractivity (Wildman–Crippen MR) is 68.3 cm³/mol. The first-order valence-electron chi connectivity index (χ1n) is 6.28. The lowest BCUT2D eigenvalue weighted by Crippen LogP contribution is -1.93. The van der Waals surface area contributed by atoms with Gasteiger partial charge in [-0.1, -0.05) is 51.7 Å². The molecule has 0 amide bonds. The lowest BCUT2D eigenvalue weighted by atomic mass is 9.94. The second-order valence-electron chi connectivity index (χ2n) is 4.48. The fourth-order valence-corrected chi connectivity index (χ4v) is 1.93. The zero-order valence-corrected chi connectivity index (χ0v) is 10.4. The third kappa shape index (κ3) is 4.06. The van der Waals surface area contributed by atoms with E-state index in [1.165, 1.54) is 37.7 Å². The Balaban J connectivity index is 2.40. The Kier molecular flexibility index (Phi) is 5.64. The van der Waals surface area contributed by atoms with Crippen molar-refractivity contribution in [3.8, 4) is 6.07 Å². The first-order chi connectivity index (χ1) is 7.77. The van der Waals surface area contributed by atoms with Gasteiger partial charge in [-0.15, -0.1) is 0 Å². The van der Waals surface area contributed by atoms with Gasteiger partial charge in [0, 0.05) is 0 Å². The molecule has 0 bridgehead atoms. The highest BCUT2D eigenvalue weighted by Gasteiger charge is 2.04. The highest BCUT2D eigenvalue weighted by atomic mass is 14.2.